The third-order valence-electron chi connectivity index (χ3n) is 2.79. The summed E-state index contributed by atoms with van der Waals surface area (Å²) in [5, 5.41) is 7.51. The number of carbonyl (C=O) groups excluding carboxylic acids is 1. The summed E-state index contributed by atoms with van der Waals surface area (Å²) < 4.78 is 6.56. The molecular formula is C14H16ClN3O2. The van der Waals surface area contributed by atoms with Crippen LogP contribution in [-0.4, -0.2) is 35.8 Å². The normalized spacial score (nSPS) is 10.5. The van der Waals surface area contributed by atoms with Crippen LogP contribution in [0.3, 0.4) is 0 Å². The molecule has 6 heteroatoms. The lowest BCUT2D eigenvalue weighted by molar-refractivity contribution is 0.0992. The number of methoxy groups -OCH3 is 1. The minimum absolute atomic E-state index is 0.104. The predicted molar refractivity (Wildman–Crippen MR) is 78.4 cm³/mol. The Bertz CT molecular complexity index is 569. The van der Waals surface area contributed by atoms with Gasteiger partial charge in [0.05, 0.1) is 30.9 Å². The van der Waals surface area contributed by atoms with Gasteiger partial charge in [-0.05, 0) is 12.1 Å². The molecule has 0 saturated heterocycles. The standard InChI is InChI=1S/C14H16ClN3O2/c1-20-8-7-18-14(12(15)9-17-18)13(19)10-16-11-5-3-2-4-6-11/h2-6,9,16H,7-8,10H2,1H3. The Morgan fingerprint density at radius 2 is 2.15 bits per heavy atom. The van der Waals surface area contributed by atoms with Crippen LogP contribution < -0.4 is 5.32 Å². The van der Waals surface area contributed by atoms with Gasteiger partial charge in [-0.3, -0.25) is 9.48 Å². The van der Waals surface area contributed by atoms with Gasteiger partial charge in [-0.15, -0.1) is 0 Å². The van der Waals surface area contributed by atoms with Crippen molar-refractivity contribution in [2.75, 3.05) is 25.6 Å². The number of hydrogen-bond donors (Lipinski definition) is 1. The fraction of sp³-hybridized carbons (Fsp3) is 0.286. The van der Waals surface area contributed by atoms with Gasteiger partial charge >= 0.3 is 0 Å². The molecule has 1 heterocycles. The first-order valence-electron chi connectivity index (χ1n) is 6.24. The number of para-hydroxylation sites is 1. The number of rotatable bonds is 7. The Kier molecular flexibility index (Phi) is 5.15. The highest BCUT2D eigenvalue weighted by molar-refractivity contribution is 6.33. The number of ether oxygens (including phenoxy) is 1. The van der Waals surface area contributed by atoms with Crippen molar-refractivity contribution in [3.63, 3.8) is 0 Å². The minimum Gasteiger partial charge on any atom is -0.383 e. The van der Waals surface area contributed by atoms with E-state index in [0.717, 1.165) is 5.69 Å². The maximum atomic E-state index is 12.2. The Balaban J connectivity index is 2.03. The topological polar surface area (TPSA) is 56.2 Å². The molecule has 20 heavy (non-hydrogen) atoms. The first-order valence-corrected chi connectivity index (χ1v) is 6.62. The largest absolute Gasteiger partial charge is 0.383 e. The molecule has 0 aliphatic heterocycles. The van der Waals surface area contributed by atoms with Crippen LogP contribution in [-0.2, 0) is 11.3 Å². The Hall–Kier alpha value is -1.85. The van der Waals surface area contributed by atoms with Gasteiger partial charge < -0.3 is 10.1 Å². The first kappa shape index (κ1) is 14.6. The number of ketones is 1. The summed E-state index contributed by atoms with van der Waals surface area (Å²) in [6, 6.07) is 9.53. The second kappa shape index (κ2) is 7.07. The van der Waals surface area contributed by atoms with E-state index in [9.17, 15) is 4.79 Å². The average molecular weight is 294 g/mol. The van der Waals surface area contributed by atoms with Crippen molar-refractivity contribution in [3.8, 4) is 0 Å². The van der Waals surface area contributed by atoms with Crippen molar-refractivity contribution in [1.82, 2.24) is 9.78 Å². The SMILES string of the molecule is COCCn1ncc(Cl)c1C(=O)CNc1ccccc1. The van der Waals surface area contributed by atoms with Gasteiger partial charge in [-0.1, -0.05) is 29.8 Å². The molecule has 1 aromatic carbocycles. The van der Waals surface area contributed by atoms with E-state index in [-0.39, 0.29) is 12.3 Å². The van der Waals surface area contributed by atoms with Crippen molar-refractivity contribution in [1.29, 1.82) is 0 Å². The molecule has 0 atom stereocenters. The van der Waals surface area contributed by atoms with Crippen LogP contribution >= 0.6 is 11.6 Å². The van der Waals surface area contributed by atoms with Crippen molar-refractivity contribution in [3.05, 3.63) is 47.2 Å². The number of Topliss-reactive ketones (excluding diaryl/α,β-unsaturated/α-hetero) is 1. The quantitative estimate of drug-likeness (QED) is 0.797. The highest BCUT2D eigenvalue weighted by Crippen LogP contribution is 2.16. The van der Waals surface area contributed by atoms with E-state index in [1.165, 1.54) is 6.20 Å². The van der Waals surface area contributed by atoms with Crippen LogP contribution in [0.25, 0.3) is 0 Å². The maximum Gasteiger partial charge on any atom is 0.201 e. The second-order valence-corrected chi connectivity index (χ2v) is 4.61. The molecule has 0 unspecified atom stereocenters. The molecule has 1 aromatic heterocycles. The lowest BCUT2D eigenvalue weighted by Gasteiger charge is -2.08. The Morgan fingerprint density at radius 3 is 2.85 bits per heavy atom. The monoisotopic (exact) mass is 293 g/mol. The summed E-state index contributed by atoms with van der Waals surface area (Å²) in [5.74, 6) is -0.104. The van der Waals surface area contributed by atoms with Gasteiger partial charge in [0.2, 0.25) is 5.78 Å². The zero-order valence-corrected chi connectivity index (χ0v) is 11.9. The average Bonchev–Trinajstić information content (AvgIpc) is 2.84. The van der Waals surface area contributed by atoms with Crippen LogP contribution in [0, 0.1) is 0 Å². The molecule has 0 radical (unpaired) electrons. The molecule has 0 saturated carbocycles. The van der Waals surface area contributed by atoms with Gasteiger partial charge in [0.1, 0.15) is 5.69 Å². The van der Waals surface area contributed by atoms with Gasteiger partial charge in [-0.25, -0.2) is 0 Å². The molecule has 5 nitrogen and oxygen atoms in total. The van der Waals surface area contributed by atoms with Crippen LogP contribution in [0.4, 0.5) is 5.69 Å². The van der Waals surface area contributed by atoms with E-state index in [4.69, 9.17) is 16.3 Å². The minimum atomic E-state index is -0.104. The molecule has 2 rings (SSSR count). The number of nitrogens with one attached hydrogen (secondary N) is 1. The number of aromatic nitrogens is 2. The Labute approximate surface area is 122 Å². The first-order chi connectivity index (χ1) is 9.72. The van der Waals surface area contributed by atoms with Crippen molar-refractivity contribution in [2.45, 2.75) is 6.54 Å². The molecule has 0 spiro atoms. The maximum absolute atomic E-state index is 12.2. The number of halogens is 1. The molecule has 0 aliphatic carbocycles. The predicted octanol–water partition coefficient (Wildman–Crippen LogP) is 2.48. The van der Waals surface area contributed by atoms with Gasteiger partial charge in [0.25, 0.3) is 0 Å². The molecule has 0 amide bonds. The lowest BCUT2D eigenvalue weighted by Crippen LogP contribution is -2.20. The van der Waals surface area contributed by atoms with Crippen molar-refractivity contribution >= 4 is 23.1 Å². The number of hydrogen-bond acceptors (Lipinski definition) is 4. The van der Waals surface area contributed by atoms with Crippen LogP contribution in [0.2, 0.25) is 5.02 Å². The number of benzene rings is 1. The lowest BCUT2D eigenvalue weighted by atomic mass is 10.2. The smallest absolute Gasteiger partial charge is 0.201 e. The fourth-order valence-corrected chi connectivity index (χ4v) is 2.06. The summed E-state index contributed by atoms with van der Waals surface area (Å²) in [6.07, 6.45) is 1.48. The number of carbonyl (C=O) groups is 1. The van der Waals surface area contributed by atoms with Crippen molar-refractivity contribution < 1.29 is 9.53 Å². The molecule has 0 fully saturated rings. The fourth-order valence-electron chi connectivity index (χ4n) is 1.81. The third-order valence-corrected chi connectivity index (χ3v) is 3.07. The van der Waals surface area contributed by atoms with Gasteiger partial charge in [-0.2, -0.15) is 5.10 Å². The second-order valence-electron chi connectivity index (χ2n) is 4.20. The molecule has 0 bridgehead atoms. The molecule has 106 valence electrons. The molecule has 0 aliphatic rings. The van der Waals surface area contributed by atoms with E-state index >= 15 is 0 Å². The van der Waals surface area contributed by atoms with E-state index in [1.807, 2.05) is 30.3 Å². The summed E-state index contributed by atoms with van der Waals surface area (Å²) in [4.78, 5) is 12.2. The van der Waals surface area contributed by atoms with E-state index in [1.54, 1.807) is 11.8 Å². The summed E-state index contributed by atoms with van der Waals surface area (Å²) in [5.41, 5.74) is 1.30. The summed E-state index contributed by atoms with van der Waals surface area (Å²) in [7, 11) is 1.60. The van der Waals surface area contributed by atoms with Gasteiger partial charge in [0.15, 0.2) is 0 Å². The van der Waals surface area contributed by atoms with E-state index < -0.39 is 0 Å². The zero-order valence-electron chi connectivity index (χ0n) is 11.2. The van der Waals surface area contributed by atoms with Gasteiger partial charge in [0, 0.05) is 12.8 Å². The summed E-state index contributed by atoms with van der Waals surface area (Å²) in [6.45, 7) is 1.14. The molecule has 2 aromatic rings. The molecule has 1 N–H and O–H groups in total. The van der Waals surface area contributed by atoms with Crippen LogP contribution in [0.5, 0.6) is 0 Å². The van der Waals surface area contributed by atoms with E-state index in [0.29, 0.717) is 23.9 Å². The number of anilines is 1. The van der Waals surface area contributed by atoms with Crippen LogP contribution in [0.15, 0.2) is 36.5 Å². The van der Waals surface area contributed by atoms with E-state index in [2.05, 4.69) is 10.4 Å². The zero-order chi connectivity index (χ0) is 14.4. The highest BCUT2D eigenvalue weighted by Gasteiger charge is 2.17. The van der Waals surface area contributed by atoms with Crippen molar-refractivity contribution in [2.24, 2.45) is 0 Å². The summed E-state index contributed by atoms with van der Waals surface area (Å²) >= 11 is 6.03. The molecular weight excluding hydrogens is 278 g/mol. The van der Waals surface area contributed by atoms with Crippen LogP contribution in [0.1, 0.15) is 10.5 Å². The third kappa shape index (κ3) is 3.59. The Morgan fingerprint density at radius 1 is 1.40 bits per heavy atom. The number of nitrogens with zero attached hydrogens (tertiary/aromatic N) is 2. The highest BCUT2D eigenvalue weighted by atomic mass is 35.5.